The molecule has 11 nitrogen and oxygen atoms in total. The van der Waals surface area contributed by atoms with E-state index in [0.29, 0.717) is 5.76 Å². The van der Waals surface area contributed by atoms with E-state index in [-0.39, 0.29) is 41.3 Å². The van der Waals surface area contributed by atoms with E-state index < -0.39 is 21.7 Å². The molecule has 1 aromatic carbocycles. The Hall–Kier alpha value is -2.72. The van der Waals surface area contributed by atoms with Gasteiger partial charge in [-0.05, 0) is 43.5 Å². The normalized spacial score (nSPS) is 11.6. The third-order valence-electron chi connectivity index (χ3n) is 4.38. The molecule has 0 amide bonds. The fourth-order valence-electron chi connectivity index (χ4n) is 3.02. The van der Waals surface area contributed by atoms with E-state index in [0.717, 1.165) is 4.31 Å². The van der Waals surface area contributed by atoms with Crippen molar-refractivity contribution in [3.8, 4) is 28.8 Å². The van der Waals surface area contributed by atoms with Crippen LogP contribution in [0.2, 0.25) is 0 Å². The second-order valence-electron chi connectivity index (χ2n) is 6.63. The highest BCUT2D eigenvalue weighted by Crippen LogP contribution is 2.39. The molecule has 0 saturated heterocycles. The number of hydrogen-bond acceptors (Lipinski definition) is 10. The fourth-order valence-corrected chi connectivity index (χ4v) is 4.79. The smallest absolute Gasteiger partial charge is 0.323 e. The van der Waals surface area contributed by atoms with Crippen molar-refractivity contribution in [3.63, 3.8) is 0 Å². The number of nitrogens with zero attached hydrogens (tertiary/aromatic N) is 4. The maximum atomic E-state index is 13.3. The molecule has 0 bridgehead atoms. The zero-order valence-corrected chi connectivity index (χ0v) is 22.1. The summed E-state index contributed by atoms with van der Waals surface area (Å²) in [6.07, 6.45) is 1.23. The molecule has 0 unspecified atom stereocenters. The largest absolute Gasteiger partial charge is 0.506 e. The highest BCUT2D eigenvalue weighted by atomic mass is 127. The molecule has 0 atom stereocenters. The highest BCUT2D eigenvalue weighted by molar-refractivity contribution is 14.2. The maximum Gasteiger partial charge on any atom is 0.323 e. The SMILES string of the molecule is CCOC(=O)CS(=O)(=O)N(/C=C/SI)c1nnc(-c2ccc(C)o2)n1-c1c(O)cccc1OC. The van der Waals surface area contributed by atoms with Gasteiger partial charge in [-0.25, -0.2) is 12.7 Å². The molecule has 0 saturated carbocycles. The van der Waals surface area contributed by atoms with Gasteiger partial charge in [0.1, 0.15) is 22.9 Å². The number of sulfonamides is 1. The van der Waals surface area contributed by atoms with Crippen LogP contribution in [0, 0.1) is 6.92 Å². The van der Waals surface area contributed by atoms with Crippen LogP contribution >= 0.6 is 30.1 Å². The quantitative estimate of drug-likeness (QED) is 0.263. The summed E-state index contributed by atoms with van der Waals surface area (Å²) in [4.78, 5) is 12.0. The zero-order valence-electron chi connectivity index (χ0n) is 18.3. The first-order valence-corrected chi connectivity index (χ1v) is 14.8. The number of aryl methyl sites for hydroxylation is 1. The molecular weight excluding hydrogens is 599 g/mol. The Morgan fingerprint density at radius 3 is 2.71 bits per heavy atom. The number of aromatic nitrogens is 3. The van der Waals surface area contributed by atoms with Crippen LogP contribution in [0.5, 0.6) is 11.5 Å². The fraction of sp³-hybridized carbons (Fsp3) is 0.250. The van der Waals surface area contributed by atoms with Crippen LogP contribution in [-0.2, 0) is 19.6 Å². The Morgan fingerprint density at radius 1 is 1.32 bits per heavy atom. The molecule has 1 N–H and O–H groups in total. The summed E-state index contributed by atoms with van der Waals surface area (Å²) in [5, 5.41) is 20.4. The Bertz CT molecular complexity index is 1300. The molecule has 0 aliphatic rings. The Balaban J connectivity index is 2.31. The number of anilines is 1. The predicted molar refractivity (Wildman–Crippen MR) is 136 cm³/mol. The third kappa shape index (κ3) is 5.50. The third-order valence-corrected chi connectivity index (χ3v) is 6.97. The van der Waals surface area contributed by atoms with E-state index in [1.165, 1.54) is 38.3 Å². The number of esters is 1. The summed E-state index contributed by atoms with van der Waals surface area (Å²) < 4.78 is 44.5. The van der Waals surface area contributed by atoms with Crippen LogP contribution in [0.15, 0.2) is 46.4 Å². The highest BCUT2D eigenvalue weighted by Gasteiger charge is 2.33. The lowest BCUT2D eigenvalue weighted by Gasteiger charge is -2.21. The maximum absolute atomic E-state index is 13.3. The van der Waals surface area contributed by atoms with Crippen molar-refractivity contribution in [2.24, 2.45) is 0 Å². The zero-order chi connectivity index (χ0) is 24.9. The van der Waals surface area contributed by atoms with Crippen molar-refractivity contribution in [1.82, 2.24) is 14.8 Å². The van der Waals surface area contributed by atoms with Crippen molar-refractivity contribution in [2.75, 3.05) is 23.8 Å². The monoisotopic (exact) mass is 620 g/mol. The minimum absolute atomic E-state index is 0.0288. The van der Waals surface area contributed by atoms with Crippen molar-refractivity contribution < 1.29 is 32.2 Å². The molecule has 0 aliphatic heterocycles. The number of rotatable bonds is 10. The summed E-state index contributed by atoms with van der Waals surface area (Å²) in [5.41, 5.74) is 0.0842. The molecule has 3 rings (SSSR count). The lowest BCUT2D eigenvalue weighted by atomic mass is 10.2. The topological polar surface area (TPSA) is 137 Å². The van der Waals surface area contributed by atoms with E-state index in [2.05, 4.69) is 10.2 Å². The average Bonchev–Trinajstić information content (AvgIpc) is 3.39. The van der Waals surface area contributed by atoms with Gasteiger partial charge in [-0.1, -0.05) is 15.0 Å². The lowest BCUT2D eigenvalue weighted by Crippen LogP contribution is -2.34. The molecule has 0 aliphatic carbocycles. The van der Waals surface area contributed by atoms with Crippen LogP contribution < -0.4 is 9.04 Å². The molecule has 2 heterocycles. The van der Waals surface area contributed by atoms with Gasteiger partial charge >= 0.3 is 5.97 Å². The first-order chi connectivity index (χ1) is 16.2. The number of furan rings is 1. The standard InChI is InChI=1S/C20H21IN4O7S2/c1-4-31-17(27)12-34(28,29)24(10-11-33-21)20-23-22-19(16-9-8-13(2)32-16)25(20)18-14(26)6-5-7-15(18)30-3/h5-11,26H,4,12H2,1-3H3/b11-10+. The number of ether oxygens (including phenoxy) is 2. The van der Waals surface area contributed by atoms with Gasteiger partial charge in [0.05, 0.1) is 13.7 Å². The number of hydrogen-bond donors (Lipinski definition) is 1. The van der Waals surface area contributed by atoms with E-state index in [1.807, 2.05) is 21.2 Å². The van der Waals surface area contributed by atoms with Crippen LogP contribution in [0.1, 0.15) is 12.7 Å². The molecule has 34 heavy (non-hydrogen) atoms. The molecule has 182 valence electrons. The number of carbonyl (C=O) groups excluding carboxylic acids is 1. The van der Waals surface area contributed by atoms with Gasteiger partial charge in [-0.15, -0.1) is 10.2 Å². The van der Waals surface area contributed by atoms with Gasteiger partial charge in [0.2, 0.25) is 11.8 Å². The summed E-state index contributed by atoms with van der Waals surface area (Å²) in [5.74, 6) is -1.11. The molecule has 0 spiro atoms. The minimum atomic E-state index is -4.32. The van der Waals surface area contributed by atoms with E-state index in [1.54, 1.807) is 38.1 Å². The predicted octanol–water partition coefficient (Wildman–Crippen LogP) is 3.80. The van der Waals surface area contributed by atoms with Crippen molar-refractivity contribution in [1.29, 1.82) is 0 Å². The summed E-state index contributed by atoms with van der Waals surface area (Å²) in [7, 11) is -1.71. The van der Waals surface area contributed by atoms with Crippen molar-refractivity contribution in [3.05, 3.63) is 47.7 Å². The first-order valence-electron chi connectivity index (χ1n) is 9.73. The van der Waals surface area contributed by atoms with Gasteiger partial charge in [-0.2, -0.15) is 0 Å². The molecule has 3 aromatic rings. The Morgan fingerprint density at radius 2 is 2.09 bits per heavy atom. The summed E-state index contributed by atoms with van der Waals surface area (Å²) in [6, 6.07) is 7.91. The van der Waals surface area contributed by atoms with Gasteiger partial charge in [0.25, 0.3) is 10.0 Å². The number of para-hydroxylation sites is 1. The van der Waals surface area contributed by atoms with Crippen LogP contribution in [0.4, 0.5) is 5.95 Å². The number of methoxy groups -OCH3 is 1. The van der Waals surface area contributed by atoms with Crippen LogP contribution in [0.25, 0.3) is 17.3 Å². The number of phenolic OH excluding ortho intramolecular Hbond substituents is 1. The van der Waals surface area contributed by atoms with E-state index in [4.69, 9.17) is 13.9 Å². The Labute approximate surface area is 212 Å². The molecule has 2 aromatic heterocycles. The summed E-state index contributed by atoms with van der Waals surface area (Å²) in [6.45, 7) is 3.34. The molecule has 14 heteroatoms. The second kappa shape index (κ2) is 11.1. The minimum Gasteiger partial charge on any atom is -0.506 e. The van der Waals surface area contributed by atoms with Gasteiger partial charge in [-0.3, -0.25) is 9.36 Å². The van der Waals surface area contributed by atoms with Crippen molar-refractivity contribution >= 4 is 52.1 Å². The van der Waals surface area contributed by atoms with Crippen LogP contribution in [-0.4, -0.2) is 53.7 Å². The van der Waals surface area contributed by atoms with Gasteiger partial charge in [0, 0.05) is 27.4 Å². The molecule has 0 radical (unpaired) electrons. The number of benzene rings is 1. The second-order valence-corrected chi connectivity index (χ2v) is 10.5. The molecular formula is C20H21IN4O7S2. The summed E-state index contributed by atoms with van der Waals surface area (Å²) >= 11 is 1.96. The number of halogens is 1. The van der Waals surface area contributed by atoms with Gasteiger partial charge < -0.3 is 19.0 Å². The van der Waals surface area contributed by atoms with E-state index >= 15 is 0 Å². The lowest BCUT2D eigenvalue weighted by molar-refractivity contribution is -0.139. The number of aromatic hydroxyl groups is 1. The number of carbonyl (C=O) groups is 1. The molecule has 0 fully saturated rings. The average molecular weight is 620 g/mol. The van der Waals surface area contributed by atoms with E-state index in [9.17, 15) is 18.3 Å². The first kappa shape index (κ1) is 25.9. The van der Waals surface area contributed by atoms with Crippen LogP contribution in [0.3, 0.4) is 0 Å². The van der Waals surface area contributed by atoms with Gasteiger partial charge in [0.15, 0.2) is 11.5 Å². The number of phenols is 1. The Kier molecular flexibility index (Phi) is 8.48. The van der Waals surface area contributed by atoms with Crippen molar-refractivity contribution in [2.45, 2.75) is 13.8 Å².